The van der Waals surface area contributed by atoms with Gasteiger partial charge in [0.1, 0.15) is 5.69 Å². The minimum absolute atomic E-state index is 0.215. The lowest BCUT2D eigenvalue weighted by molar-refractivity contribution is 0.102. The highest BCUT2D eigenvalue weighted by Gasteiger charge is 2.13. The highest BCUT2D eigenvalue weighted by atomic mass is 16.3. The van der Waals surface area contributed by atoms with Crippen LogP contribution in [0.3, 0.4) is 0 Å². The van der Waals surface area contributed by atoms with Gasteiger partial charge in [-0.15, -0.1) is 0 Å². The maximum Gasteiger partial charge on any atom is 0.257 e. The van der Waals surface area contributed by atoms with Crippen LogP contribution in [0.1, 0.15) is 16.1 Å². The zero-order chi connectivity index (χ0) is 17.2. The third-order valence-electron chi connectivity index (χ3n) is 3.95. The number of benzene rings is 1. The Kier molecular flexibility index (Phi) is 3.74. The van der Waals surface area contributed by atoms with Gasteiger partial charge in [0.05, 0.1) is 34.9 Å². The molecule has 5 nitrogen and oxygen atoms in total. The predicted molar refractivity (Wildman–Crippen MR) is 96.4 cm³/mol. The van der Waals surface area contributed by atoms with Crippen molar-refractivity contribution in [2.45, 2.75) is 6.92 Å². The number of aryl methyl sites for hydroxylation is 1. The Morgan fingerprint density at radius 3 is 2.76 bits per heavy atom. The van der Waals surface area contributed by atoms with Gasteiger partial charge in [-0.3, -0.25) is 9.78 Å². The van der Waals surface area contributed by atoms with Crippen LogP contribution in [0.15, 0.2) is 71.5 Å². The van der Waals surface area contributed by atoms with Gasteiger partial charge in [0, 0.05) is 5.39 Å². The maximum absolute atomic E-state index is 12.6. The standard InChI is InChI=1S/C20H15N3O2/c1-13-16(8-9-18(22-13)19-7-4-10-25-19)20(24)23-15-11-14-5-2-3-6-17(14)21-12-15/h2-12H,1H3,(H,23,24). The van der Waals surface area contributed by atoms with E-state index < -0.39 is 0 Å². The number of fused-ring (bicyclic) bond motifs is 1. The van der Waals surface area contributed by atoms with Crippen LogP contribution in [0.5, 0.6) is 0 Å². The van der Waals surface area contributed by atoms with E-state index in [1.807, 2.05) is 36.4 Å². The molecule has 0 spiro atoms. The van der Waals surface area contributed by atoms with Gasteiger partial charge in [-0.05, 0) is 43.3 Å². The van der Waals surface area contributed by atoms with E-state index in [0.29, 0.717) is 28.4 Å². The molecule has 0 aliphatic heterocycles. The maximum atomic E-state index is 12.6. The van der Waals surface area contributed by atoms with Gasteiger partial charge in [0.25, 0.3) is 5.91 Å². The van der Waals surface area contributed by atoms with Crippen LogP contribution in [0.25, 0.3) is 22.4 Å². The SMILES string of the molecule is Cc1nc(-c2ccco2)ccc1C(=O)Nc1cnc2ccccc2c1. The summed E-state index contributed by atoms with van der Waals surface area (Å²) in [6.45, 7) is 1.81. The molecule has 0 saturated heterocycles. The summed E-state index contributed by atoms with van der Waals surface area (Å²) in [4.78, 5) is 21.4. The van der Waals surface area contributed by atoms with Gasteiger partial charge in [0.15, 0.2) is 5.76 Å². The van der Waals surface area contributed by atoms with E-state index in [1.165, 1.54) is 0 Å². The summed E-state index contributed by atoms with van der Waals surface area (Å²) in [7, 11) is 0. The molecule has 4 aromatic rings. The molecule has 1 amide bonds. The van der Waals surface area contributed by atoms with Crippen LogP contribution < -0.4 is 5.32 Å². The number of para-hydroxylation sites is 1. The van der Waals surface area contributed by atoms with Gasteiger partial charge < -0.3 is 9.73 Å². The third-order valence-corrected chi connectivity index (χ3v) is 3.95. The van der Waals surface area contributed by atoms with Crippen LogP contribution in [0, 0.1) is 6.92 Å². The highest BCUT2D eigenvalue weighted by molar-refractivity contribution is 6.05. The molecule has 1 aromatic carbocycles. The number of anilines is 1. The number of rotatable bonds is 3. The lowest BCUT2D eigenvalue weighted by Gasteiger charge is -2.09. The first-order chi connectivity index (χ1) is 12.2. The summed E-state index contributed by atoms with van der Waals surface area (Å²) >= 11 is 0. The number of hydrogen-bond donors (Lipinski definition) is 1. The lowest BCUT2D eigenvalue weighted by Crippen LogP contribution is -2.14. The van der Waals surface area contributed by atoms with Crippen LogP contribution in [-0.2, 0) is 0 Å². The summed E-state index contributed by atoms with van der Waals surface area (Å²) in [5, 5.41) is 3.86. The Labute approximate surface area is 144 Å². The first-order valence-electron chi connectivity index (χ1n) is 7.88. The van der Waals surface area contributed by atoms with Crippen LogP contribution >= 0.6 is 0 Å². The number of carbonyl (C=O) groups is 1. The number of nitrogens with one attached hydrogen (secondary N) is 1. The number of furan rings is 1. The monoisotopic (exact) mass is 329 g/mol. The molecule has 0 bridgehead atoms. The summed E-state index contributed by atoms with van der Waals surface area (Å²) in [6, 6.07) is 16.8. The van der Waals surface area contributed by atoms with E-state index in [4.69, 9.17) is 4.42 Å². The molecule has 122 valence electrons. The first kappa shape index (κ1) is 15.1. The summed E-state index contributed by atoms with van der Waals surface area (Å²) in [5.41, 5.74) is 3.40. The Morgan fingerprint density at radius 1 is 1.08 bits per heavy atom. The first-order valence-corrected chi connectivity index (χ1v) is 7.88. The molecule has 0 atom stereocenters. The molecule has 4 rings (SSSR count). The molecular formula is C20H15N3O2. The van der Waals surface area contributed by atoms with Crippen molar-refractivity contribution in [3.63, 3.8) is 0 Å². The van der Waals surface area contributed by atoms with E-state index in [0.717, 1.165) is 10.9 Å². The smallest absolute Gasteiger partial charge is 0.257 e. The van der Waals surface area contributed by atoms with Crippen molar-refractivity contribution in [1.82, 2.24) is 9.97 Å². The van der Waals surface area contributed by atoms with Crippen molar-refractivity contribution in [1.29, 1.82) is 0 Å². The molecule has 3 aromatic heterocycles. The van der Waals surface area contributed by atoms with E-state index >= 15 is 0 Å². The average Bonchev–Trinajstić information content (AvgIpc) is 3.16. The van der Waals surface area contributed by atoms with Crippen molar-refractivity contribution in [2.75, 3.05) is 5.32 Å². The Morgan fingerprint density at radius 2 is 1.96 bits per heavy atom. The predicted octanol–water partition coefficient (Wildman–Crippen LogP) is 4.45. The zero-order valence-corrected chi connectivity index (χ0v) is 13.6. The zero-order valence-electron chi connectivity index (χ0n) is 13.6. The molecule has 0 aliphatic rings. The molecule has 5 heteroatoms. The molecule has 0 aliphatic carbocycles. The highest BCUT2D eigenvalue weighted by Crippen LogP contribution is 2.21. The molecular weight excluding hydrogens is 314 g/mol. The minimum Gasteiger partial charge on any atom is -0.463 e. The van der Waals surface area contributed by atoms with Gasteiger partial charge in [0.2, 0.25) is 0 Å². The second-order valence-electron chi connectivity index (χ2n) is 5.68. The summed E-state index contributed by atoms with van der Waals surface area (Å²) < 4.78 is 5.34. The second kappa shape index (κ2) is 6.20. The van der Waals surface area contributed by atoms with Crippen molar-refractivity contribution in [3.8, 4) is 11.5 Å². The van der Waals surface area contributed by atoms with E-state index in [1.54, 1.807) is 37.6 Å². The molecule has 0 unspecified atom stereocenters. The molecule has 0 saturated carbocycles. The van der Waals surface area contributed by atoms with Crippen molar-refractivity contribution in [3.05, 3.63) is 78.3 Å². The van der Waals surface area contributed by atoms with Gasteiger partial charge >= 0.3 is 0 Å². The quantitative estimate of drug-likeness (QED) is 0.603. The van der Waals surface area contributed by atoms with Gasteiger partial charge in [-0.25, -0.2) is 4.98 Å². The largest absolute Gasteiger partial charge is 0.463 e. The number of aromatic nitrogens is 2. The Balaban J connectivity index is 1.59. The fourth-order valence-electron chi connectivity index (χ4n) is 2.70. The van der Waals surface area contributed by atoms with Gasteiger partial charge in [-0.1, -0.05) is 18.2 Å². The Hall–Kier alpha value is -3.47. The second-order valence-corrected chi connectivity index (χ2v) is 5.68. The normalized spacial score (nSPS) is 10.8. The number of nitrogens with zero attached hydrogens (tertiary/aromatic N) is 2. The topological polar surface area (TPSA) is 68.0 Å². The van der Waals surface area contributed by atoms with Crippen LogP contribution in [0.4, 0.5) is 5.69 Å². The van der Waals surface area contributed by atoms with E-state index in [-0.39, 0.29) is 5.91 Å². The molecule has 0 fully saturated rings. The summed E-state index contributed by atoms with van der Waals surface area (Å²) in [5.74, 6) is 0.460. The Bertz CT molecular complexity index is 1060. The number of hydrogen-bond acceptors (Lipinski definition) is 4. The third kappa shape index (κ3) is 2.99. The molecule has 25 heavy (non-hydrogen) atoms. The molecule has 0 radical (unpaired) electrons. The van der Waals surface area contributed by atoms with Crippen molar-refractivity contribution in [2.24, 2.45) is 0 Å². The fraction of sp³-hybridized carbons (Fsp3) is 0.0500. The van der Waals surface area contributed by atoms with Crippen molar-refractivity contribution >= 4 is 22.5 Å². The molecule has 1 N–H and O–H groups in total. The number of amides is 1. The average molecular weight is 329 g/mol. The summed E-state index contributed by atoms with van der Waals surface area (Å²) in [6.07, 6.45) is 3.25. The minimum atomic E-state index is -0.215. The lowest BCUT2D eigenvalue weighted by atomic mass is 10.1. The van der Waals surface area contributed by atoms with E-state index in [9.17, 15) is 4.79 Å². The van der Waals surface area contributed by atoms with Crippen LogP contribution in [0.2, 0.25) is 0 Å². The van der Waals surface area contributed by atoms with Gasteiger partial charge in [-0.2, -0.15) is 0 Å². The fourth-order valence-corrected chi connectivity index (χ4v) is 2.70. The van der Waals surface area contributed by atoms with Crippen molar-refractivity contribution < 1.29 is 9.21 Å². The number of carbonyl (C=O) groups excluding carboxylic acids is 1. The molecule has 3 heterocycles. The number of pyridine rings is 2. The van der Waals surface area contributed by atoms with Crippen LogP contribution in [-0.4, -0.2) is 15.9 Å². The van der Waals surface area contributed by atoms with E-state index in [2.05, 4.69) is 15.3 Å².